The fraction of sp³-hybridized carbons (Fsp3) is 0.286. The summed E-state index contributed by atoms with van der Waals surface area (Å²) >= 11 is 1.72. The van der Waals surface area contributed by atoms with Crippen molar-refractivity contribution in [3.8, 4) is 0 Å². The van der Waals surface area contributed by atoms with Gasteiger partial charge in [0.1, 0.15) is 0 Å². The van der Waals surface area contributed by atoms with Crippen LogP contribution in [0.4, 0.5) is 0 Å². The second kappa shape index (κ2) is 5.11. The zero-order chi connectivity index (χ0) is 13.2. The second-order valence-electron chi connectivity index (χ2n) is 4.68. The number of carboxylic acids is 1. The van der Waals surface area contributed by atoms with Crippen LogP contribution in [-0.4, -0.2) is 27.5 Å². The minimum absolute atomic E-state index is 0.340. The maximum atomic E-state index is 10.8. The second-order valence-corrected chi connectivity index (χ2v) is 5.62. The summed E-state index contributed by atoms with van der Waals surface area (Å²) in [6, 6.07) is 7.12. The lowest BCUT2D eigenvalue weighted by Crippen LogP contribution is -2.29. The van der Waals surface area contributed by atoms with Crippen molar-refractivity contribution in [2.24, 2.45) is 0 Å². The Labute approximate surface area is 115 Å². The van der Waals surface area contributed by atoms with Gasteiger partial charge in [0.25, 0.3) is 0 Å². The molecule has 0 atom stereocenters. The van der Waals surface area contributed by atoms with E-state index < -0.39 is 5.97 Å². The molecular formula is C14H14N2O2S. The maximum absolute atomic E-state index is 10.8. The monoisotopic (exact) mass is 274 g/mol. The number of aromatic carboxylic acids is 1. The molecule has 0 saturated carbocycles. The summed E-state index contributed by atoms with van der Waals surface area (Å²) in [6.45, 7) is 2.81. The van der Waals surface area contributed by atoms with Crippen molar-refractivity contribution in [2.75, 3.05) is 6.54 Å². The number of carbonyl (C=O) groups is 1. The summed E-state index contributed by atoms with van der Waals surface area (Å²) in [6.07, 6.45) is 1.01. The van der Waals surface area contributed by atoms with Gasteiger partial charge in [-0.1, -0.05) is 12.1 Å². The van der Waals surface area contributed by atoms with Gasteiger partial charge in [-0.2, -0.15) is 0 Å². The van der Waals surface area contributed by atoms with Crippen LogP contribution in [0.1, 0.15) is 26.5 Å². The summed E-state index contributed by atoms with van der Waals surface area (Å²) in [5, 5.41) is 8.87. The van der Waals surface area contributed by atoms with Crippen LogP contribution >= 0.6 is 11.3 Å². The fourth-order valence-corrected chi connectivity index (χ4v) is 3.17. The molecule has 1 aliphatic heterocycles. The van der Waals surface area contributed by atoms with Crippen LogP contribution < -0.4 is 0 Å². The van der Waals surface area contributed by atoms with E-state index in [-0.39, 0.29) is 0 Å². The van der Waals surface area contributed by atoms with Crippen molar-refractivity contribution in [2.45, 2.75) is 19.5 Å². The van der Waals surface area contributed by atoms with Crippen molar-refractivity contribution < 1.29 is 9.90 Å². The summed E-state index contributed by atoms with van der Waals surface area (Å²) in [5.41, 5.74) is 4.64. The maximum Gasteiger partial charge on any atom is 0.335 e. The molecule has 0 bridgehead atoms. The molecule has 0 saturated heterocycles. The normalized spacial score (nSPS) is 15.2. The molecule has 0 aliphatic carbocycles. The van der Waals surface area contributed by atoms with Crippen LogP contribution in [0.25, 0.3) is 0 Å². The van der Waals surface area contributed by atoms with Crippen LogP contribution in [0.5, 0.6) is 0 Å². The topological polar surface area (TPSA) is 53.4 Å². The van der Waals surface area contributed by atoms with Crippen molar-refractivity contribution in [3.63, 3.8) is 0 Å². The van der Waals surface area contributed by atoms with Gasteiger partial charge in [-0.3, -0.25) is 4.90 Å². The molecule has 0 amide bonds. The van der Waals surface area contributed by atoms with E-state index in [1.54, 1.807) is 23.5 Å². The SMILES string of the molecule is O=C(O)c1ccc(CN2CCc3ncsc3C2)cc1. The largest absolute Gasteiger partial charge is 0.478 e. The molecule has 3 rings (SSSR count). The lowest BCUT2D eigenvalue weighted by atomic mass is 10.1. The third-order valence-electron chi connectivity index (χ3n) is 3.36. The summed E-state index contributed by atoms with van der Waals surface area (Å²) < 4.78 is 0. The smallest absolute Gasteiger partial charge is 0.335 e. The Balaban J connectivity index is 1.68. The van der Waals surface area contributed by atoms with Gasteiger partial charge < -0.3 is 5.11 Å². The minimum atomic E-state index is -0.876. The number of benzene rings is 1. The number of fused-ring (bicyclic) bond motifs is 1. The first-order chi connectivity index (χ1) is 9.22. The van der Waals surface area contributed by atoms with Gasteiger partial charge in [-0.05, 0) is 17.7 Å². The molecule has 1 aromatic heterocycles. The van der Waals surface area contributed by atoms with Crippen LogP contribution in [0.15, 0.2) is 29.8 Å². The van der Waals surface area contributed by atoms with E-state index in [1.807, 2.05) is 17.6 Å². The van der Waals surface area contributed by atoms with Crippen LogP contribution in [0.3, 0.4) is 0 Å². The van der Waals surface area contributed by atoms with E-state index in [2.05, 4.69) is 9.88 Å². The molecule has 4 nitrogen and oxygen atoms in total. The first kappa shape index (κ1) is 12.3. The first-order valence-electron chi connectivity index (χ1n) is 6.18. The summed E-state index contributed by atoms with van der Waals surface area (Å²) in [5.74, 6) is -0.876. The Morgan fingerprint density at radius 1 is 1.37 bits per heavy atom. The van der Waals surface area contributed by atoms with Gasteiger partial charge in [-0.25, -0.2) is 9.78 Å². The zero-order valence-electron chi connectivity index (χ0n) is 10.4. The molecule has 0 unspecified atom stereocenters. The number of nitrogens with zero attached hydrogens (tertiary/aromatic N) is 2. The van der Waals surface area contributed by atoms with Crippen molar-refractivity contribution >= 4 is 17.3 Å². The van der Waals surface area contributed by atoms with Gasteiger partial charge in [0.05, 0.1) is 16.8 Å². The summed E-state index contributed by atoms with van der Waals surface area (Å²) in [4.78, 5) is 18.9. The van der Waals surface area contributed by atoms with Gasteiger partial charge in [0, 0.05) is 30.9 Å². The van der Waals surface area contributed by atoms with Gasteiger partial charge in [-0.15, -0.1) is 11.3 Å². The highest BCUT2D eigenvalue weighted by Crippen LogP contribution is 2.22. The van der Waals surface area contributed by atoms with Crippen molar-refractivity contribution in [1.29, 1.82) is 0 Å². The molecule has 5 heteroatoms. The fourth-order valence-electron chi connectivity index (χ4n) is 2.32. The van der Waals surface area contributed by atoms with Crippen LogP contribution in [0.2, 0.25) is 0 Å². The lowest BCUT2D eigenvalue weighted by Gasteiger charge is -2.25. The molecule has 19 heavy (non-hydrogen) atoms. The van der Waals surface area contributed by atoms with Gasteiger partial charge in [0.15, 0.2) is 0 Å². The van der Waals surface area contributed by atoms with Crippen molar-refractivity contribution in [1.82, 2.24) is 9.88 Å². The predicted molar refractivity (Wildman–Crippen MR) is 73.3 cm³/mol. The molecule has 2 aromatic rings. The number of rotatable bonds is 3. The number of carboxylic acid groups (broad SMARTS) is 1. The molecule has 0 radical (unpaired) electrons. The Kier molecular flexibility index (Phi) is 3.31. The highest BCUT2D eigenvalue weighted by atomic mass is 32.1. The molecule has 1 N–H and O–H groups in total. The average Bonchev–Trinajstić information content (AvgIpc) is 2.87. The number of hydrogen-bond acceptors (Lipinski definition) is 4. The third kappa shape index (κ3) is 2.67. The lowest BCUT2D eigenvalue weighted by molar-refractivity contribution is 0.0697. The zero-order valence-corrected chi connectivity index (χ0v) is 11.2. The van der Waals surface area contributed by atoms with E-state index in [0.717, 1.165) is 31.6 Å². The van der Waals surface area contributed by atoms with Crippen LogP contribution in [0, 0.1) is 0 Å². The van der Waals surface area contributed by atoms with Crippen LogP contribution in [-0.2, 0) is 19.5 Å². The highest BCUT2D eigenvalue weighted by molar-refractivity contribution is 7.09. The molecule has 0 fully saturated rings. The Morgan fingerprint density at radius 2 is 2.16 bits per heavy atom. The predicted octanol–water partition coefficient (Wildman–Crippen LogP) is 2.40. The Morgan fingerprint density at radius 3 is 2.89 bits per heavy atom. The average molecular weight is 274 g/mol. The van der Waals surface area contributed by atoms with E-state index in [1.165, 1.54) is 10.6 Å². The molecule has 98 valence electrons. The molecule has 2 heterocycles. The van der Waals surface area contributed by atoms with Gasteiger partial charge in [0.2, 0.25) is 0 Å². The standard InChI is InChI=1S/C14H14N2O2S/c17-14(18)11-3-1-10(2-4-11)7-16-6-5-12-13(8-16)19-9-15-12/h1-4,9H,5-8H2,(H,17,18). The van der Waals surface area contributed by atoms with E-state index in [0.29, 0.717) is 5.56 Å². The molecular weight excluding hydrogens is 260 g/mol. The molecule has 1 aliphatic rings. The number of thiazole rings is 1. The van der Waals surface area contributed by atoms with E-state index in [4.69, 9.17) is 5.11 Å². The van der Waals surface area contributed by atoms with Crippen molar-refractivity contribution in [3.05, 3.63) is 51.5 Å². The number of hydrogen-bond donors (Lipinski definition) is 1. The molecule has 0 spiro atoms. The quantitative estimate of drug-likeness (QED) is 0.933. The first-order valence-corrected chi connectivity index (χ1v) is 7.06. The minimum Gasteiger partial charge on any atom is -0.478 e. The van der Waals surface area contributed by atoms with E-state index >= 15 is 0 Å². The third-order valence-corrected chi connectivity index (χ3v) is 4.22. The summed E-state index contributed by atoms with van der Waals surface area (Å²) in [7, 11) is 0. The van der Waals surface area contributed by atoms with Gasteiger partial charge >= 0.3 is 5.97 Å². The Bertz CT molecular complexity index is 592. The molecule has 1 aromatic carbocycles. The highest BCUT2D eigenvalue weighted by Gasteiger charge is 2.18. The number of aromatic nitrogens is 1. The Hall–Kier alpha value is -1.72. The van der Waals surface area contributed by atoms with E-state index in [9.17, 15) is 4.79 Å².